The number of aryl methyl sites for hydroxylation is 1. The Bertz CT molecular complexity index is 929. The fraction of sp³-hybridized carbons (Fsp3) is 0.273. The molecule has 1 aliphatic heterocycles. The summed E-state index contributed by atoms with van der Waals surface area (Å²) in [5, 5.41) is 9.42. The van der Waals surface area contributed by atoms with Gasteiger partial charge in [-0.2, -0.15) is 0 Å². The third kappa shape index (κ3) is 3.58. The van der Waals surface area contributed by atoms with Gasteiger partial charge in [0.2, 0.25) is 0 Å². The molecule has 0 spiro atoms. The summed E-state index contributed by atoms with van der Waals surface area (Å²) in [6, 6.07) is 14.8. The zero-order valence-corrected chi connectivity index (χ0v) is 15.4. The number of hydrogen-bond donors (Lipinski definition) is 1. The van der Waals surface area contributed by atoms with Crippen molar-refractivity contribution in [1.29, 1.82) is 0 Å². The number of aromatic hydroxyl groups is 1. The minimum atomic E-state index is 0.0752. The van der Waals surface area contributed by atoms with Gasteiger partial charge in [-0.3, -0.25) is 4.79 Å². The van der Waals surface area contributed by atoms with Crippen LogP contribution in [0.25, 0.3) is 11.1 Å². The zero-order valence-electron chi connectivity index (χ0n) is 15.4. The van der Waals surface area contributed by atoms with Crippen LogP contribution in [0.1, 0.15) is 34.9 Å². The van der Waals surface area contributed by atoms with Crippen LogP contribution in [0.4, 0.5) is 0 Å². The van der Waals surface area contributed by atoms with E-state index in [2.05, 4.69) is 4.98 Å². The van der Waals surface area contributed by atoms with E-state index in [0.29, 0.717) is 18.0 Å². The summed E-state index contributed by atoms with van der Waals surface area (Å²) in [7, 11) is 2.01. The molecular weight excluding hydrogens is 338 g/mol. The lowest BCUT2D eigenvalue weighted by atomic mass is 9.96. The van der Waals surface area contributed by atoms with Crippen LogP contribution in [0.15, 0.2) is 60.9 Å². The average Bonchev–Trinajstić information content (AvgIpc) is 3.14. The van der Waals surface area contributed by atoms with E-state index in [1.807, 2.05) is 65.3 Å². The summed E-state index contributed by atoms with van der Waals surface area (Å²) in [4.78, 5) is 19.4. The van der Waals surface area contributed by atoms with Crippen molar-refractivity contribution in [2.75, 3.05) is 13.1 Å². The van der Waals surface area contributed by atoms with Crippen molar-refractivity contribution >= 4 is 5.91 Å². The Hall–Kier alpha value is -3.08. The lowest BCUT2D eigenvalue weighted by Gasteiger charge is -2.32. The second-order valence-corrected chi connectivity index (χ2v) is 7.11. The summed E-state index contributed by atoms with van der Waals surface area (Å²) in [6.45, 7) is 1.50. The van der Waals surface area contributed by atoms with Crippen LogP contribution in [0.3, 0.4) is 0 Å². The van der Waals surface area contributed by atoms with E-state index in [1.165, 1.54) is 0 Å². The van der Waals surface area contributed by atoms with Crippen LogP contribution in [0.5, 0.6) is 5.75 Å². The van der Waals surface area contributed by atoms with Gasteiger partial charge in [-0.25, -0.2) is 4.98 Å². The molecule has 1 fully saturated rings. The Kier molecular flexibility index (Phi) is 4.67. The predicted octanol–water partition coefficient (Wildman–Crippen LogP) is 3.81. The van der Waals surface area contributed by atoms with Crippen LogP contribution < -0.4 is 0 Å². The fourth-order valence-corrected chi connectivity index (χ4v) is 3.78. The molecule has 138 valence electrons. The molecule has 1 N–H and O–H groups in total. The number of aromatic nitrogens is 2. The van der Waals surface area contributed by atoms with E-state index in [1.54, 1.807) is 12.1 Å². The van der Waals surface area contributed by atoms with Gasteiger partial charge >= 0.3 is 0 Å². The van der Waals surface area contributed by atoms with Gasteiger partial charge in [0.15, 0.2) is 0 Å². The molecule has 0 unspecified atom stereocenters. The van der Waals surface area contributed by atoms with Gasteiger partial charge in [0, 0.05) is 44.0 Å². The minimum Gasteiger partial charge on any atom is -0.508 e. The largest absolute Gasteiger partial charge is 0.508 e. The molecule has 0 radical (unpaired) electrons. The lowest BCUT2D eigenvalue weighted by molar-refractivity contribution is 0.0703. The zero-order chi connectivity index (χ0) is 18.8. The topological polar surface area (TPSA) is 58.4 Å². The smallest absolute Gasteiger partial charge is 0.253 e. The molecule has 5 nitrogen and oxygen atoms in total. The minimum absolute atomic E-state index is 0.0752. The number of nitrogens with zero attached hydrogens (tertiary/aromatic N) is 3. The van der Waals surface area contributed by atoms with E-state index >= 15 is 0 Å². The third-order valence-electron chi connectivity index (χ3n) is 5.26. The highest BCUT2D eigenvalue weighted by Crippen LogP contribution is 2.27. The van der Waals surface area contributed by atoms with Crippen molar-refractivity contribution in [2.24, 2.45) is 7.05 Å². The predicted molar refractivity (Wildman–Crippen MR) is 105 cm³/mol. The van der Waals surface area contributed by atoms with Crippen molar-refractivity contribution < 1.29 is 9.90 Å². The number of phenols is 1. The van der Waals surface area contributed by atoms with Gasteiger partial charge in [-0.05, 0) is 48.2 Å². The molecule has 4 rings (SSSR count). The van der Waals surface area contributed by atoms with Crippen LogP contribution in [0.2, 0.25) is 0 Å². The van der Waals surface area contributed by atoms with Gasteiger partial charge in [0.05, 0.1) is 0 Å². The maximum absolute atomic E-state index is 13.0. The normalized spacial score (nSPS) is 17.1. The number of amides is 1. The first-order valence-corrected chi connectivity index (χ1v) is 9.28. The number of likely N-dealkylation sites (tertiary alicyclic amines) is 1. The lowest BCUT2D eigenvalue weighted by Crippen LogP contribution is -2.39. The molecule has 27 heavy (non-hydrogen) atoms. The van der Waals surface area contributed by atoms with E-state index in [0.717, 1.165) is 36.3 Å². The molecule has 5 heteroatoms. The molecule has 1 aliphatic rings. The summed E-state index contributed by atoms with van der Waals surface area (Å²) in [5.41, 5.74) is 2.74. The quantitative estimate of drug-likeness (QED) is 0.772. The number of benzene rings is 2. The van der Waals surface area contributed by atoms with Gasteiger partial charge in [0.25, 0.3) is 5.91 Å². The number of hydrogen-bond acceptors (Lipinski definition) is 3. The molecule has 0 aliphatic carbocycles. The van der Waals surface area contributed by atoms with Crippen molar-refractivity contribution in [3.05, 3.63) is 72.3 Å². The van der Waals surface area contributed by atoms with Crippen LogP contribution in [-0.4, -0.2) is 38.6 Å². The van der Waals surface area contributed by atoms with Crippen molar-refractivity contribution in [2.45, 2.75) is 18.8 Å². The van der Waals surface area contributed by atoms with Crippen LogP contribution in [0, 0.1) is 0 Å². The van der Waals surface area contributed by atoms with Gasteiger partial charge in [-0.15, -0.1) is 0 Å². The van der Waals surface area contributed by atoms with Crippen molar-refractivity contribution in [1.82, 2.24) is 14.5 Å². The molecule has 2 aromatic carbocycles. The first-order valence-electron chi connectivity index (χ1n) is 9.28. The van der Waals surface area contributed by atoms with E-state index in [-0.39, 0.29) is 11.7 Å². The van der Waals surface area contributed by atoms with E-state index in [4.69, 9.17) is 0 Å². The molecule has 1 amide bonds. The number of imidazole rings is 1. The highest BCUT2D eigenvalue weighted by molar-refractivity contribution is 5.94. The Labute approximate surface area is 158 Å². The van der Waals surface area contributed by atoms with Gasteiger partial charge in [0.1, 0.15) is 11.6 Å². The molecule has 1 saturated heterocycles. The molecule has 1 aromatic heterocycles. The Morgan fingerprint density at radius 2 is 1.74 bits per heavy atom. The summed E-state index contributed by atoms with van der Waals surface area (Å²) >= 11 is 0. The first-order chi connectivity index (χ1) is 13.1. The number of rotatable bonds is 3. The standard InChI is InChI=1S/C22H23N3O2/c1-24-14-12-23-21(24)19-3-2-13-25(15-19)22(27)18-6-4-16(5-7-18)17-8-10-20(26)11-9-17/h4-12,14,19,26H,2-3,13,15H2,1H3/t19-/m0/s1. The Morgan fingerprint density at radius 1 is 1.07 bits per heavy atom. The van der Waals surface area contributed by atoms with Crippen molar-refractivity contribution in [3.63, 3.8) is 0 Å². The maximum Gasteiger partial charge on any atom is 0.253 e. The molecular formula is C22H23N3O2. The number of piperidine rings is 1. The SMILES string of the molecule is Cn1ccnc1[C@H]1CCCN(C(=O)c2ccc(-c3ccc(O)cc3)cc2)C1. The second-order valence-electron chi connectivity index (χ2n) is 7.11. The second kappa shape index (κ2) is 7.27. The van der Waals surface area contributed by atoms with Crippen LogP contribution >= 0.6 is 0 Å². The molecule has 1 atom stereocenters. The summed E-state index contributed by atoms with van der Waals surface area (Å²) < 4.78 is 2.05. The maximum atomic E-state index is 13.0. The third-order valence-corrected chi connectivity index (χ3v) is 5.26. The number of phenolic OH excluding ortho intramolecular Hbond substituents is 1. The Morgan fingerprint density at radius 3 is 2.37 bits per heavy atom. The van der Waals surface area contributed by atoms with Crippen molar-refractivity contribution in [3.8, 4) is 16.9 Å². The molecule has 0 bridgehead atoms. The number of carbonyl (C=O) groups excluding carboxylic acids is 1. The van der Waals surface area contributed by atoms with Crippen LogP contribution in [-0.2, 0) is 7.05 Å². The number of carbonyl (C=O) groups is 1. The van der Waals surface area contributed by atoms with E-state index < -0.39 is 0 Å². The summed E-state index contributed by atoms with van der Waals surface area (Å²) in [5.74, 6) is 1.67. The molecule has 2 heterocycles. The van der Waals surface area contributed by atoms with Gasteiger partial charge < -0.3 is 14.6 Å². The summed E-state index contributed by atoms with van der Waals surface area (Å²) in [6.07, 6.45) is 5.83. The van der Waals surface area contributed by atoms with Gasteiger partial charge in [-0.1, -0.05) is 24.3 Å². The average molecular weight is 361 g/mol. The molecule has 0 saturated carbocycles. The highest BCUT2D eigenvalue weighted by Gasteiger charge is 2.27. The first kappa shape index (κ1) is 17.3. The highest BCUT2D eigenvalue weighted by atomic mass is 16.3. The fourth-order valence-electron chi connectivity index (χ4n) is 3.78. The van der Waals surface area contributed by atoms with E-state index in [9.17, 15) is 9.90 Å². The molecule has 3 aromatic rings. The monoisotopic (exact) mass is 361 g/mol. The Balaban J connectivity index is 1.49.